The van der Waals surface area contributed by atoms with Gasteiger partial charge >= 0.3 is 18.2 Å². The number of aliphatic carboxylic acids is 1. The number of nitrogens with zero attached hydrogens (tertiary/aromatic N) is 2. The predicted molar refractivity (Wildman–Crippen MR) is 60.7 cm³/mol. The van der Waals surface area contributed by atoms with Gasteiger partial charge in [0.25, 0.3) is 0 Å². The summed E-state index contributed by atoms with van der Waals surface area (Å²) in [6.07, 6.45) is -2.27. The van der Waals surface area contributed by atoms with Crippen LogP contribution in [-0.4, -0.2) is 51.0 Å². The van der Waals surface area contributed by atoms with Crippen molar-refractivity contribution >= 4 is 12.0 Å². The molecule has 0 radical (unpaired) electrons. The van der Waals surface area contributed by atoms with Gasteiger partial charge in [0.15, 0.2) is 0 Å². The molecule has 0 aliphatic carbocycles. The zero-order valence-electron chi connectivity index (χ0n) is 10.7. The van der Waals surface area contributed by atoms with Crippen LogP contribution in [0.4, 0.5) is 18.0 Å². The van der Waals surface area contributed by atoms with Gasteiger partial charge in [0, 0.05) is 18.8 Å². The monoisotopic (exact) mass is 294 g/mol. The summed E-state index contributed by atoms with van der Waals surface area (Å²) in [4.78, 5) is 23.3. The zero-order chi connectivity index (χ0) is 15.6. The molecule has 0 fully saturated rings. The van der Waals surface area contributed by atoms with E-state index in [0.717, 1.165) is 4.90 Å². The van der Waals surface area contributed by atoms with Crippen molar-refractivity contribution in [1.29, 1.82) is 0 Å². The van der Waals surface area contributed by atoms with Crippen LogP contribution < -0.4 is 5.32 Å². The predicted octanol–water partition coefficient (Wildman–Crippen LogP) is 0.957. The molecule has 1 rings (SSSR count). The highest BCUT2D eigenvalue weighted by Crippen LogP contribution is 2.30. The van der Waals surface area contributed by atoms with Crippen LogP contribution in [0.25, 0.3) is 0 Å². The molecule has 0 spiro atoms. The molecule has 7 nitrogen and oxygen atoms in total. The number of hydrogen-bond acceptors (Lipinski definition) is 3. The van der Waals surface area contributed by atoms with Crippen LogP contribution in [0.5, 0.6) is 0 Å². The lowest BCUT2D eigenvalue weighted by Crippen LogP contribution is -2.63. The van der Waals surface area contributed by atoms with Crippen LogP contribution in [0.15, 0.2) is 12.4 Å². The van der Waals surface area contributed by atoms with Crippen molar-refractivity contribution in [2.24, 2.45) is 0 Å². The Labute approximate surface area is 111 Å². The van der Waals surface area contributed by atoms with E-state index in [1.54, 1.807) is 0 Å². The van der Waals surface area contributed by atoms with Crippen LogP contribution in [0.3, 0.4) is 0 Å². The summed E-state index contributed by atoms with van der Waals surface area (Å²) in [5.74, 6) is -2.19. The van der Waals surface area contributed by atoms with E-state index in [-0.39, 0.29) is 6.54 Å². The number of amides is 2. The Balaban J connectivity index is 2.79. The maximum Gasteiger partial charge on any atom is 0.422 e. The van der Waals surface area contributed by atoms with E-state index in [1.807, 2.05) is 0 Å². The Morgan fingerprint density at radius 1 is 1.50 bits per heavy atom. The highest BCUT2D eigenvalue weighted by atomic mass is 19.4. The van der Waals surface area contributed by atoms with Crippen molar-refractivity contribution in [2.45, 2.75) is 25.2 Å². The lowest BCUT2D eigenvalue weighted by Gasteiger charge is -2.30. The van der Waals surface area contributed by atoms with Crippen LogP contribution in [0.2, 0.25) is 0 Å². The third-order valence-electron chi connectivity index (χ3n) is 2.67. The minimum Gasteiger partial charge on any atom is -0.479 e. The number of carboxylic acid groups (broad SMARTS) is 1. The maximum atomic E-state index is 12.7. The SMILES string of the molecule is CN(Cc1cn[nH]c1)C(=O)NC(C)(C(=O)O)C(F)(F)F. The minimum absolute atomic E-state index is 0.0180. The van der Waals surface area contributed by atoms with Crippen molar-refractivity contribution in [2.75, 3.05) is 7.05 Å². The quantitative estimate of drug-likeness (QED) is 0.770. The van der Waals surface area contributed by atoms with Crippen molar-refractivity contribution in [3.05, 3.63) is 18.0 Å². The fraction of sp³-hybridized carbons (Fsp3) is 0.500. The minimum atomic E-state index is -5.12. The van der Waals surface area contributed by atoms with Crippen LogP contribution in [-0.2, 0) is 11.3 Å². The maximum absolute atomic E-state index is 12.7. The number of H-pyrrole nitrogens is 1. The van der Waals surface area contributed by atoms with Gasteiger partial charge in [0.2, 0.25) is 5.54 Å². The summed E-state index contributed by atoms with van der Waals surface area (Å²) in [6.45, 7) is 0.370. The number of hydrogen-bond donors (Lipinski definition) is 3. The molecular formula is C10H13F3N4O3. The number of carbonyl (C=O) groups excluding carboxylic acids is 1. The fourth-order valence-corrected chi connectivity index (χ4v) is 1.26. The topological polar surface area (TPSA) is 98.3 Å². The molecule has 0 bridgehead atoms. The second kappa shape index (κ2) is 5.39. The first-order chi connectivity index (χ1) is 9.08. The van der Waals surface area contributed by atoms with Crippen LogP contribution in [0.1, 0.15) is 12.5 Å². The fourth-order valence-electron chi connectivity index (χ4n) is 1.26. The van der Waals surface area contributed by atoms with Crippen molar-refractivity contribution in [3.8, 4) is 0 Å². The van der Waals surface area contributed by atoms with Gasteiger partial charge < -0.3 is 15.3 Å². The van der Waals surface area contributed by atoms with Crippen molar-refractivity contribution in [1.82, 2.24) is 20.4 Å². The first kappa shape index (κ1) is 15.8. The number of aromatic amines is 1. The molecule has 1 unspecified atom stereocenters. The average Bonchev–Trinajstić information content (AvgIpc) is 2.79. The number of alkyl halides is 3. The van der Waals surface area contributed by atoms with Gasteiger partial charge in [0.1, 0.15) is 0 Å². The number of carboxylic acids is 1. The second-order valence-electron chi connectivity index (χ2n) is 4.32. The van der Waals surface area contributed by atoms with Gasteiger partial charge in [-0.2, -0.15) is 18.3 Å². The highest BCUT2D eigenvalue weighted by molar-refractivity contribution is 5.86. The Kier molecular flexibility index (Phi) is 4.26. The molecule has 1 aromatic rings. The van der Waals surface area contributed by atoms with Gasteiger partial charge in [-0.15, -0.1) is 0 Å². The molecule has 0 aromatic carbocycles. The molecule has 3 N–H and O–H groups in total. The molecular weight excluding hydrogens is 281 g/mol. The van der Waals surface area contributed by atoms with E-state index in [4.69, 9.17) is 5.11 Å². The molecule has 2 amide bonds. The third-order valence-corrected chi connectivity index (χ3v) is 2.67. The lowest BCUT2D eigenvalue weighted by molar-refractivity contribution is -0.203. The number of carbonyl (C=O) groups is 2. The number of halogens is 3. The summed E-state index contributed by atoms with van der Waals surface area (Å²) in [5.41, 5.74) is -2.79. The molecule has 10 heteroatoms. The summed E-state index contributed by atoms with van der Waals surface area (Å²) in [7, 11) is 1.24. The van der Waals surface area contributed by atoms with Gasteiger partial charge in [0.05, 0.1) is 12.7 Å². The summed E-state index contributed by atoms with van der Waals surface area (Å²) in [5, 5.41) is 16.3. The number of nitrogens with one attached hydrogen (secondary N) is 2. The average molecular weight is 294 g/mol. The molecule has 1 heterocycles. The Morgan fingerprint density at radius 2 is 2.10 bits per heavy atom. The molecule has 1 aromatic heterocycles. The van der Waals surface area contributed by atoms with Gasteiger partial charge in [-0.1, -0.05) is 0 Å². The van der Waals surface area contributed by atoms with E-state index in [2.05, 4.69) is 10.2 Å². The largest absolute Gasteiger partial charge is 0.479 e. The van der Waals surface area contributed by atoms with Gasteiger partial charge in [-0.05, 0) is 6.92 Å². The Bertz CT molecular complexity index is 488. The molecule has 20 heavy (non-hydrogen) atoms. The van der Waals surface area contributed by atoms with Gasteiger partial charge in [-0.3, -0.25) is 5.10 Å². The molecule has 0 saturated carbocycles. The van der Waals surface area contributed by atoms with Crippen molar-refractivity contribution < 1.29 is 27.9 Å². The molecule has 0 saturated heterocycles. The lowest BCUT2D eigenvalue weighted by atomic mass is 10.0. The summed E-state index contributed by atoms with van der Waals surface area (Å²) >= 11 is 0. The molecule has 0 aliphatic rings. The third kappa shape index (κ3) is 3.19. The van der Waals surface area contributed by atoms with E-state index in [9.17, 15) is 22.8 Å². The van der Waals surface area contributed by atoms with Crippen LogP contribution >= 0.6 is 0 Å². The zero-order valence-corrected chi connectivity index (χ0v) is 10.7. The van der Waals surface area contributed by atoms with E-state index in [1.165, 1.54) is 24.8 Å². The van der Waals surface area contributed by atoms with Gasteiger partial charge in [-0.25, -0.2) is 9.59 Å². The summed E-state index contributed by atoms with van der Waals surface area (Å²) < 4.78 is 38.2. The normalized spacial score (nSPS) is 14.4. The number of urea groups is 1. The highest BCUT2D eigenvalue weighted by Gasteiger charge is 2.58. The Morgan fingerprint density at radius 3 is 2.50 bits per heavy atom. The molecule has 112 valence electrons. The standard InChI is InChI=1S/C10H13F3N4O3/c1-9(7(18)19,10(11,12)13)16-8(20)17(2)5-6-3-14-15-4-6/h3-4H,5H2,1-2H3,(H,14,15)(H,16,20)(H,18,19). The van der Waals surface area contributed by atoms with Crippen LogP contribution in [0, 0.1) is 0 Å². The molecule has 1 atom stereocenters. The molecule has 0 aliphatic heterocycles. The van der Waals surface area contributed by atoms with Crippen molar-refractivity contribution in [3.63, 3.8) is 0 Å². The number of aromatic nitrogens is 2. The van der Waals surface area contributed by atoms with E-state index >= 15 is 0 Å². The second-order valence-corrected chi connectivity index (χ2v) is 4.32. The first-order valence-electron chi connectivity index (χ1n) is 5.39. The first-order valence-corrected chi connectivity index (χ1v) is 5.39. The smallest absolute Gasteiger partial charge is 0.422 e. The van der Waals surface area contributed by atoms with E-state index < -0.39 is 23.7 Å². The Hall–Kier alpha value is -2.26. The van der Waals surface area contributed by atoms with E-state index in [0.29, 0.717) is 12.5 Å². The number of rotatable bonds is 4. The summed E-state index contributed by atoms with van der Waals surface area (Å²) in [6, 6.07) is -1.16.